The highest BCUT2D eigenvalue weighted by molar-refractivity contribution is 8.18. The molecule has 0 saturated carbocycles. The fourth-order valence-corrected chi connectivity index (χ4v) is 4.68. The van der Waals surface area contributed by atoms with Crippen LogP contribution in [0.25, 0.3) is 6.08 Å². The van der Waals surface area contributed by atoms with Gasteiger partial charge in [0.2, 0.25) is 0 Å². The van der Waals surface area contributed by atoms with Crippen molar-refractivity contribution in [2.45, 2.75) is 12.6 Å². The van der Waals surface area contributed by atoms with Gasteiger partial charge in [-0.15, -0.1) is 0 Å². The van der Waals surface area contributed by atoms with Crippen LogP contribution in [0.3, 0.4) is 0 Å². The molecule has 38 heavy (non-hydrogen) atoms. The summed E-state index contributed by atoms with van der Waals surface area (Å²) in [5.74, 6) is -0.610. The van der Waals surface area contributed by atoms with Gasteiger partial charge in [0, 0.05) is 19.6 Å². The minimum Gasteiger partial charge on any atom is -0.493 e. The largest absolute Gasteiger partial charge is 0.493 e. The SMILES string of the molecule is COc1cc(/C=C2/SC(NCCCN3CCOCC3)=NC2=O)ccc1Oc1ccc(C#N)cc1C(F)(F)F. The Balaban J connectivity index is 1.40. The molecule has 2 aliphatic rings. The van der Waals surface area contributed by atoms with Gasteiger partial charge in [0.1, 0.15) is 5.75 Å². The topological polar surface area (TPSA) is 96.2 Å². The number of carbonyl (C=O) groups excluding carboxylic acids is 1. The molecule has 1 amide bonds. The quantitative estimate of drug-likeness (QED) is 0.377. The molecule has 1 N–H and O–H groups in total. The number of hydrogen-bond donors (Lipinski definition) is 1. The van der Waals surface area contributed by atoms with Crippen molar-refractivity contribution in [1.82, 2.24) is 10.2 Å². The van der Waals surface area contributed by atoms with Crippen molar-refractivity contribution in [3.8, 4) is 23.3 Å². The number of benzene rings is 2. The molecule has 2 aromatic carbocycles. The molecule has 0 spiro atoms. The van der Waals surface area contributed by atoms with Gasteiger partial charge in [0.25, 0.3) is 5.91 Å². The van der Waals surface area contributed by atoms with E-state index in [1.807, 2.05) is 0 Å². The number of alkyl halides is 3. The zero-order valence-electron chi connectivity index (χ0n) is 20.5. The van der Waals surface area contributed by atoms with Crippen LogP contribution in [0.2, 0.25) is 0 Å². The maximum absolute atomic E-state index is 13.5. The molecule has 0 radical (unpaired) electrons. The van der Waals surface area contributed by atoms with E-state index < -0.39 is 17.5 Å². The number of ether oxygens (including phenoxy) is 3. The van der Waals surface area contributed by atoms with Gasteiger partial charge >= 0.3 is 6.18 Å². The molecule has 0 aromatic heterocycles. The molecule has 1 fully saturated rings. The number of thioether (sulfide) groups is 1. The van der Waals surface area contributed by atoms with Crippen LogP contribution in [0.1, 0.15) is 23.1 Å². The first-order valence-corrected chi connectivity index (χ1v) is 12.6. The summed E-state index contributed by atoms with van der Waals surface area (Å²) in [6, 6.07) is 9.38. The molecular weight excluding hydrogens is 521 g/mol. The highest BCUT2D eigenvalue weighted by atomic mass is 32.2. The van der Waals surface area contributed by atoms with Gasteiger partial charge in [-0.2, -0.15) is 23.4 Å². The van der Waals surface area contributed by atoms with Crippen molar-refractivity contribution in [2.24, 2.45) is 4.99 Å². The van der Waals surface area contributed by atoms with Crippen molar-refractivity contribution in [3.63, 3.8) is 0 Å². The first-order chi connectivity index (χ1) is 18.3. The minimum absolute atomic E-state index is 0.0501. The standard InChI is InChI=1S/C26H25F3N4O4S/c1-35-22-14-17(3-6-21(22)37-20-5-4-18(16-30)13-19(20)26(27,28)29)15-23-24(34)32-25(38-23)31-7-2-8-33-9-11-36-12-10-33/h3-6,13-15H,2,7-12H2,1H3,(H,31,32,34)/b23-15+. The maximum atomic E-state index is 13.5. The normalized spacial score (nSPS) is 17.3. The lowest BCUT2D eigenvalue weighted by atomic mass is 10.1. The van der Waals surface area contributed by atoms with Crippen LogP contribution in [-0.2, 0) is 15.7 Å². The highest BCUT2D eigenvalue weighted by Crippen LogP contribution is 2.41. The van der Waals surface area contributed by atoms with E-state index >= 15 is 0 Å². The third kappa shape index (κ3) is 7.06. The molecular formula is C26H25F3N4O4S. The van der Waals surface area contributed by atoms with E-state index in [0.29, 0.717) is 22.2 Å². The lowest BCUT2D eigenvalue weighted by molar-refractivity contribution is -0.138. The van der Waals surface area contributed by atoms with Gasteiger partial charge in [-0.1, -0.05) is 6.07 Å². The van der Waals surface area contributed by atoms with E-state index in [1.54, 1.807) is 24.3 Å². The van der Waals surface area contributed by atoms with Crippen LogP contribution >= 0.6 is 11.8 Å². The summed E-state index contributed by atoms with van der Waals surface area (Å²) in [6.07, 6.45) is -2.18. The Hall–Kier alpha value is -3.53. The fourth-order valence-electron chi connectivity index (χ4n) is 3.85. The summed E-state index contributed by atoms with van der Waals surface area (Å²) >= 11 is 1.22. The summed E-state index contributed by atoms with van der Waals surface area (Å²) < 4.78 is 56.7. The van der Waals surface area contributed by atoms with Crippen LogP contribution in [0, 0.1) is 11.3 Å². The van der Waals surface area contributed by atoms with Crippen LogP contribution in [0.4, 0.5) is 13.2 Å². The average Bonchev–Trinajstić information content (AvgIpc) is 3.26. The molecule has 4 rings (SSSR count). The zero-order valence-corrected chi connectivity index (χ0v) is 21.3. The Morgan fingerprint density at radius 2 is 1.95 bits per heavy atom. The molecule has 0 unspecified atom stereocenters. The number of amides is 1. The molecule has 12 heteroatoms. The Kier molecular flexibility index (Phi) is 8.93. The van der Waals surface area contributed by atoms with Gasteiger partial charge < -0.3 is 19.5 Å². The summed E-state index contributed by atoms with van der Waals surface area (Å²) in [5, 5.41) is 12.7. The Labute approximate surface area is 222 Å². The number of hydrogen-bond acceptors (Lipinski definition) is 8. The zero-order chi connectivity index (χ0) is 27.1. The number of morpholine rings is 1. The molecule has 0 atom stereocenters. The van der Waals surface area contributed by atoms with Crippen LogP contribution < -0.4 is 14.8 Å². The van der Waals surface area contributed by atoms with E-state index in [-0.39, 0.29) is 23.0 Å². The molecule has 2 heterocycles. The first kappa shape index (κ1) is 27.5. The van der Waals surface area contributed by atoms with E-state index in [9.17, 15) is 18.0 Å². The number of nitrogens with zero attached hydrogens (tertiary/aromatic N) is 3. The van der Waals surface area contributed by atoms with E-state index in [1.165, 1.54) is 31.0 Å². The molecule has 1 saturated heterocycles. The Morgan fingerprint density at radius 1 is 1.18 bits per heavy atom. The Morgan fingerprint density at radius 3 is 2.66 bits per heavy atom. The Bertz CT molecular complexity index is 1280. The van der Waals surface area contributed by atoms with E-state index in [2.05, 4.69) is 15.2 Å². The smallest absolute Gasteiger partial charge is 0.420 e. The van der Waals surface area contributed by atoms with Gasteiger partial charge in [0.15, 0.2) is 16.7 Å². The molecule has 8 nitrogen and oxygen atoms in total. The predicted molar refractivity (Wildman–Crippen MR) is 137 cm³/mol. The summed E-state index contributed by atoms with van der Waals surface area (Å²) in [7, 11) is 1.36. The second-order valence-electron chi connectivity index (χ2n) is 8.40. The number of carbonyl (C=O) groups is 1. The molecule has 0 aliphatic carbocycles. The van der Waals surface area contributed by atoms with E-state index in [0.717, 1.165) is 51.4 Å². The average molecular weight is 547 g/mol. The van der Waals surface area contributed by atoms with E-state index in [4.69, 9.17) is 19.5 Å². The summed E-state index contributed by atoms with van der Waals surface area (Å²) in [5.41, 5.74) is -0.616. The third-order valence-corrected chi connectivity index (χ3v) is 6.71. The van der Waals surface area contributed by atoms with Crippen molar-refractivity contribution < 1.29 is 32.2 Å². The number of nitriles is 1. The van der Waals surface area contributed by atoms with Crippen molar-refractivity contribution in [3.05, 3.63) is 58.0 Å². The number of amidine groups is 1. The number of aliphatic imine (C=N–C) groups is 1. The number of rotatable bonds is 8. The molecule has 200 valence electrons. The minimum atomic E-state index is -4.71. The van der Waals surface area contributed by atoms with Crippen molar-refractivity contribution in [1.29, 1.82) is 5.26 Å². The number of nitrogens with one attached hydrogen (secondary N) is 1. The number of halogens is 3. The highest BCUT2D eigenvalue weighted by Gasteiger charge is 2.35. The monoisotopic (exact) mass is 546 g/mol. The van der Waals surface area contributed by atoms with Crippen molar-refractivity contribution in [2.75, 3.05) is 46.5 Å². The second-order valence-corrected chi connectivity index (χ2v) is 9.43. The van der Waals surface area contributed by atoms with Gasteiger partial charge in [-0.25, -0.2) is 0 Å². The lowest BCUT2D eigenvalue weighted by Crippen LogP contribution is -2.37. The first-order valence-electron chi connectivity index (χ1n) is 11.8. The predicted octanol–water partition coefficient (Wildman–Crippen LogP) is 4.66. The third-order valence-electron chi connectivity index (χ3n) is 5.77. The molecule has 0 bridgehead atoms. The van der Waals surface area contributed by atoms with Crippen LogP contribution in [0.5, 0.6) is 17.2 Å². The van der Waals surface area contributed by atoms with Crippen LogP contribution in [0.15, 0.2) is 46.3 Å². The van der Waals surface area contributed by atoms with Gasteiger partial charge in [-0.05, 0) is 66.7 Å². The molecule has 2 aromatic rings. The summed E-state index contributed by atoms with van der Waals surface area (Å²) in [4.78, 5) is 19.2. The number of methoxy groups -OCH3 is 1. The lowest BCUT2D eigenvalue weighted by Gasteiger charge is -2.26. The van der Waals surface area contributed by atoms with Gasteiger partial charge in [-0.3, -0.25) is 9.69 Å². The van der Waals surface area contributed by atoms with Crippen LogP contribution in [-0.4, -0.2) is 62.5 Å². The molecule has 2 aliphatic heterocycles. The maximum Gasteiger partial charge on any atom is 0.420 e. The fraction of sp³-hybridized carbons (Fsp3) is 0.346. The van der Waals surface area contributed by atoms with Crippen molar-refractivity contribution >= 4 is 28.9 Å². The van der Waals surface area contributed by atoms with Gasteiger partial charge in [0.05, 0.1) is 42.4 Å². The summed E-state index contributed by atoms with van der Waals surface area (Å²) in [6.45, 7) is 4.96. The second kappa shape index (κ2) is 12.3.